The molecule has 0 bridgehead atoms. The van der Waals surface area contributed by atoms with Crippen LogP contribution >= 0.6 is 0 Å². The van der Waals surface area contributed by atoms with Crippen molar-refractivity contribution in [3.8, 4) is 0 Å². The molecule has 1 saturated heterocycles. The fourth-order valence-corrected chi connectivity index (χ4v) is 3.51. The molecule has 2 heterocycles. The Balaban J connectivity index is 1.51. The minimum atomic E-state index is -0.158. The lowest BCUT2D eigenvalue weighted by Gasteiger charge is -2.36. The number of hydrogen-bond acceptors (Lipinski definition) is 4. The van der Waals surface area contributed by atoms with E-state index in [9.17, 15) is 9.59 Å². The maximum absolute atomic E-state index is 12.7. The number of anilines is 1. The maximum atomic E-state index is 12.7. The molecule has 1 aromatic carbocycles. The van der Waals surface area contributed by atoms with Crippen LogP contribution in [0.4, 0.5) is 5.69 Å². The number of nitrogens with two attached hydrogens (primary N) is 1. The van der Waals surface area contributed by atoms with Crippen LogP contribution < -0.4 is 10.6 Å². The lowest BCUT2D eigenvalue weighted by Crippen LogP contribution is -2.53. The first-order valence-corrected chi connectivity index (χ1v) is 9.12. The summed E-state index contributed by atoms with van der Waals surface area (Å²) in [5.74, 6) is 0.109. The maximum Gasteiger partial charge on any atom is 0.241 e. The van der Waals surface area contributed by atoms with Gasteiger partial charge in [0.15, 0.2) is 0 Å². The van der Waals surface area contributed by atoms with Gasteiger partial charge in [-0.1, -0.05) is 25.1 Å². The molecule has 0 aliphatic carbocycles. The molecular formula is C19H28N4O2. The fraction of sp³-hybridized carbons (Fsp3) is 0.579. The van der Waals surface area contributed by atoms with Gasteiger partial charge in [-0.3, -0.25) is 14.5 Å². The van der Waals surface area contributed by atoms with E-state index in [1.807, 2.05) is 41.8 Å². The summed E-state index contributed by atoms with van der Waals surface area (Å²) in [6, 6.07) is 7.97. The van der Waals surface area contributed by atoms with Crippen LogP contribution in [-0.4, -0.2) is 66.9 Å². The normalized spacial score (nSPS) is 20.3. The molecule has 2 unspecified atom stereocenters. The molecule has 2 aliphatic rings. The molecule has 0 saturated carbocycles. The smallest absolute Gasteiger partial charge is 0.241 e. The van der Waals surface area contributed by atoms with Gasteiger partial charge in [-0.2, -0.15) is 0 Å². The second-order valence-electron chi connectivity index (χ2n) is 7.17. The Morgan fingerprint density at radius 3 is 2.44 bits per heavy atom. The van der Waals surface area contributed by atoms with Crippen LogP contribution in [0.3, 0.4) is 0 Å². The fourth-order valence-electron chi connectivity index (χ4n) is 3.51. The summed E-state index contributed by atoms with van der Waals surface area (Å²) in [5, 5.41) is 0. The van der Waals surface area contributed by atoms with Gasteiger partial charge in [0.25, 0.3) is 0 Å². The van der Waals surface area contributed by atoms with Crippen LogP contribution in [-0.2, 0) is 16.0 Å². The zero-order valence-electron chi connectivity index (χ0n) is 15.1. The van der Waals surface area contributed by atoms with Crippen LogP contribution in [0.2, 0.25) is 0 Å². The molecular weight excluding hydrogens is 316 g/mol. The van der Waals surface area contributed by atoms with Gasteiger partial charge in [-0.15, -0.1) is 0 Å². The minimum absolute atomic E-state index is 0.120. The van der Waals surface area contributed by atoms with Crippen molar-refractivity contribution in [2.45, 2.75) is 26.3 Å². The van der Waals surface area contributed by atoms with Crippen LogP contribution in [0.25, 0.3) is 0 Å². The highest BCUT2D eigenvalue weighted by atomic mass is 16.2. The van der Waals surface area contributed by atoms with Gasteiger partial charge >= 0.3 is 0 Å². The predicted molar refractivity (Wildman–Crippen MR) is 98.3 cm³/mol. The summed E-state index contributed by atoms with van der Waals surface area (Å²) in [7, 11) is 0. The lowest BCUT2D eigenvalue weighted by molar-refractivity contribution is -0.137. The summed E-state index contributed by atoms with van der Waals surface area (Å²) in [6.07, 6.45) is 0.930. The molecule has 3 rings (SSSR count). The van der Waals surface area contributed by atoms with Crippen molar-refractivity contribution in [2.75, 3.05) is 44.2 Å². The number of para-hydroxylation sites is 1. The standard InChI is InChI=1S/C19H28N4O2/c1-14(15(2)20)19(25)22-11-9-21(10-12-22)13-18(24)23-8-7-16-5-3-4-6-17(16)23/h3-6,14-15H,7-13,20H2,1-2H3. The number of fused-ring (bicyclic) bond motifs is 1. The zero-order valence-corrected chi connectivity index (χ0v) is 15.1. The molecule has 25 heavy (non-hydrogen) atoms. The third kappa shape index (κ3) is 3.85. The largest absolute Gasteiger partial charge is 0.340 e. The molecule has 6 nitrogen and oxygen atoms in total. The van der Waals surface area contributed by atoms with E-state index in [1.165, 1.54) is 5.56 Å². The van der Waals surface area contributed by atoms with E-state index in [4.69, 9.17) is 5.73 Å². The van der Waals surface area contributed by atoms with Crippen molar-refractivity contribution in [2.24, 2.45) is 11.7 Å². The van der Waals surface area contributed by atoms with Crippen LogP contribution in [0.15, 0.2) is 24.3 Å². The van der Waals surface area contributed by atoms with Crippen LogP contribution in [0.5, 0.6) is 0 Å². The summed E-state index contributed by atoms with van der Waals surface area (Å²) in [5.41, 5.74) is 8.13. The first-order valence-electron chi connectivity index (χ1n) is 9.12. The molecule has 136 valence electrons. The Morgan fingerprint density at radius 1 is 1.08 bits per heavy atom. The number of nitrogens with zero attached hydrogens (tertiary/aromatic N) is 3. The van der Waals surface area contributed by atoms with Gasteiger partial charge in [0.2, 0.25) is 11.8 Å². The van der Waals surface area contributed by atoms with E-state index >= 15 is 0 Å². The van der Waals surface area contributed by atoms with Crippen LogP contribution in [0.1, 0.15) is 19.4 Å². The van der Waals surface area contributed by atoms with E-state index in [1.54, 1.807) is 0 Å². The van der Waals surface area contributed by atoms with Crippen molar-refractivity contribution in [1.29, 1.82) is 0 Å². The van der Waals surface area contributed by atoms with Crippen molar-refractivity contribution < 1.29 is 9.59 Å². The Kier molecular flexibility index (Phi) is 5.39. The SMILES string of the molecule is CC(N)C(C)C(=O)N1CCN(CC(=O)N2CCc3ccccc32)CC1. The zero-order chi connectivity index (χ0) is 18.0. The third-order valence-electron chi connectivity index (χ3n) is 5.41. The average molecular weight is 344 g/mol. The van der Waals surface area contributed by atoms with E-state index in [0.717, 1.165) is 31.7 Å². The Bertz CT molecular complexity index is 638. The first kappa shape index (κ1) is 17.9. The highest BCUT2D eigenvalue weighted by molar-refractivity contribution is 5.96. The quantitative estimate of drug-likeness (QED) is 0.873. The third-order valence-corrected chi connectivity index (χ3v) is 5.41. The van der Waals surface area contributed by atoms with Crippen LogP contribution in [0, 0.1) is 5.92 Å². The topological polar surface area (TPSA) is 69.9 Å². The van der Waals surface area contributed by atoms with Crippen molar-refractivity contribution in [3.63, 3.8) is 0 Å². The van der Waals surface area contributed by atoms with Gasteiger partial charge in [0, 0.05) is 44.5 Å². The van der Waals surface area contributed by atoms with Crippen molar-refractivity contribution in [1.82, 2.24) is 9.80 Å². The first-order chi connectivity index (χ1) is 12.0. The lowest BCUT2D eigenvalue weighted by atomic mass is 10.0. The van der Waals surface area contributed by atoms with Crippen molar-refractivity contribution >= 4 is 17.5 Å². The summed E-state index contributed by atoms with van der Waals surface area (Å²) in [6.45, 7) is 7.73. The number of amides is 2. The minimum Gasteiger partial charge on any atom is -0.340 e. The molecule has 1 fully saturated rings. The predicted octanol–water partition coefficient (Wildman–Crippen LogP) is 0.703. The summed E-state index contributed by atoms with van der Waals surface area (Å²) < 4.78 is 0. The average Bonchev–Trinajstić information content (AvgIpc) is 3.05. The Hall–Kier alpha value is -1.92. The number of benzene rings is 1. The van der Waals surface area contributed by atoms with Gasteiger partial charge in [-0.25, -0.2) is 0 Å². The van der Waals surface area contributed by atoms with E-state index < -0.39 is 0 Å². The number of hydrogen-bond donors (Lipinski definition) is 1. The summed E-state index contributed by atoms with van der Waals surface area (Å²) in [4.78, 5) is 31.0. The highest BCUT2D eigenvalue weighted by Crippen LogP contribution is 2.27. The molecule has 2 atom stereocenters. The van der Waals surface area contributed by atoms with E-state index in [-0.39, 0.29) is 23.8 Å². The summed E-state index contributed by atoms with van der Waals surface area (Å²) >= 11 is 0. The highest BCUT2D eigenvalue weighted by Gasteiger charge is 2.29. The molecule has 2 aliphatic heterocycles. The Labute approximate surface area is 149 Å². The molecule has 2 amide bonds. The van der Waals surface area contributed by atoms with Crippen molar-refractivity contribution in [3.05, 3.63) is 29.8 Å². The van der Waals surface area contributed by atoms with E-state index in [2.05, 4.69) is 11.0 Å². The Morgan fingerprint density at radius 2 is 1.76 bits per heavy atom. The number of piperazine rings is 1. The monoisotopic (exact) mass is 344 g/mol. The number of rotatable bonds is 4. The molecule has 0 spiro atoms. The molecule has 6 heteroatoms. The second kappa shape index (κ2) is 7.54. The van der Waals surface area contributed by atoms with Gasteiger partial charge in [0.1, 0.15) is 0 Å². The number of carbonyl (C=O) groups excluding carboxylic acids is 2. The van der Waals surface area contributed by atoms with Gasteiger partial charge < -0.3 is 15.5 Å². The second-order valence-corrected chi connectivity index (χ2v) is 7.17. The number of carbonyl (C=O) groups is 2. The molecule has 0 radical (unpaired) electrons. The molecule has 2 N–H and O–H groups in total. The van der Waals surface area contributed by atoms with E-state index in [0.29, 0.717) is 19.6 Å². The molecule has 0 aromatic heterocycles. The molecule has 1 aromatic rings. The van der Waals surface area contributed by atoms with Gasteiger partial charge in [-0.05, 0) is 25.0 Å². The van der Waals surface area contributed by atoms with Gasteiger partial charge in [0.05, 0.1) is 12.5 Å².